The summed E-state index contributed by atoms with van der Waals surface area (Å²) in [7, 11) is 0. The van der Waals surface area contributed by atoms with Gasteiger partial charge in [0, 0.05) is 43.6 Å². The van der Waals surface area contributed by atoms with Crippen molar-refractivity contribution in [3.8, 4) is 11.6 Å². The molecule has 0 unspecified atom stereocenters. The lowest BCUT2D eigenvalue weighted by atomic mass is 9.95. The van der Waals surface area contributed by atoms with Crippen molar-refractivity contribution in [2.45, 2.75) is 38.0 Å². The van der Waals surface area contributed by atoms with Crippen LogP contribution >= 0.6 is 0 Å². The summed E-state index contributed by atoms with van der Waals surface area (Å²) in [6.07, 6.45) is 5.18. The molecule has 2 saturated heterocycles. The highest BCUT2D eigenvalue weighted by Crippen LogP contribution is 2.39. The topological polar surface area (TPSA) is 97.8 Å². The molecule has 1 aromatic heterocycles. The molecule has 0 spiro atoms. The number of H-pyrrole nitrogens is 1. The van der Waals surface area contributed by atoms with Gasteiger partial charge in [-0.3, -0.25) is 4.79 Å². The maximum Gasteiger partial charge on any atom is 0.264 e. The lowest BCUT2D eigenvalue weighted by molar-refractivity contribution is 0.0840. The molecule has 0 saturated carbocycles. The van der Waals surface area contributed by atoms with Crippen LogP contribution in [0.3, 0.4) is 0 Å². The van der Waals surface area contributed by atoms with E-state index >= 15 is 0 Å². The van der Waals surface area contributed by atoms with Gasteiger partial charge in [0.15, 0.2) is 5.75 Å². The van der Waals surface area contributed by atoms with Crippen LogP contribution in [0.15, 0.2) is 24.3 Å². The minimum Gasteiger partial charge on any atom is -0.505 e. The molecule has 0 atom stereocenters. The minimum atomic E-state index is -0.532. The average Bonchev–Trinajstić information content (AvgIpc) is 3.04. The average molecular weight is 385 g/mol. The Hall–Kier alpha value is -2.67. The Bertz CT molecular complexity index is 819. The SMILES string of the molecule is O=C(Nc1ccc(N2CCCCC2)cc1)c1c(O)[nH]c(C2CCOCC2)c1O. The molecule has 2 aliphatic heterocycles. The maximum absolute atomic E-state index is 12.7. The second kappa shape index (κ2) is 8.14. The Kier molecular flexibility index (Phi) is 5.43. The largest absolute Gasteiger partial charge is 0.505 e. The number of carbonyl (C=O) groups excluding carboxylic acids is 1. The predicted molar refractivity (Wildman–Crippen MR) is 107 cm³/mol. The third kappa shape index (κ3) is 3.80. The van der Waals surface area contributed by atoms with E-state index in [0.717, 1.165) is 31.6 Å². The van der Waals surface area contributed by atoms with Gasteiger partial charge < -0.3 is 30.2 Å². The Morgan fingerprint density at radius 2 is 1.75 bits per heavy atom. The van der Waals surface area contributed by atoms with Crippen molar-refractivity contribution < 1.29 is 19.7 Å². The summed E-state index contributed by atoms with van der Waals surface area (Å²) in [6.45, 7) is 3.33. The maximum atomic E-state index is 12.7. The van der Waals surface area contributed by atoms with Gasteiger partial charge in [0.1, 0.15) is 5.56 Å². The number of piperidine rings is 1. The number of aromatic hydroxyl groups is 2. The van der Waals surface area contributed by atoms with Crippen LogP contribution in [0.25, 0.3) is 0 Å². The molecular formula is C21H27N3O4. The Morgan fingerprint density at radius 3 is 2.43 bits per heavy atom. The van der Waals surface area contributed by atoms with Crippen LogP contribution in [0.2, 0.25) is 0 Å². The Labute approximate surface area is 164 Å². The van der Waals surface area contributed by atoms with Gasteiger partial charge in [-0.05, 0) is 56.4 Å². The molecule has 0 radical (unpaired) electrons. The highest BCUT2D eigenvalue weighted by Gasteiger charge is 2.28. The van der Waals surface area contributed by atoms with Gasteiger partial charge in [-0.15, -0.1) is 0 Å². The fraction of sp³-hybridized carbons (Fsp3) is 0.476. The van der Waals surface area contributed by atoms with Crippen molar-refractivity contribution in [3.63, 3.8) is 0 Å². The number of anilines is 2. The van der Waals surface area contributed by atoms with Gasteiger partial charge >= 0.3 is 0 Å². The molecule has 0 bridgehead atoms. The molecule has 7 heteroatoms. The zero-order valence-electron chi connectivity index (χ0n) is 15.9. The monoisotopic (exact) mass is 385 g/mol. The number of rotatable bonds is 4. The zero-order valence-corrected chi connectivity index (χ0v) is 15.9. The number of carbonyl (C=O) groups is 1. The fourth-order valence-electron chi connectivity index (χ4n) is 4.09. The van der Waals surface area contributed by atoms with Crippen LogP contribution in [0, 0.1) is 0 Å². The number of aromatic nitrogens is 1. The number of hydrogen-bond acceptors (Lipinski definition) is 5. The van der Waals surface area contributed by atoms with Crippen molar-refractivity contribution in [1.82, 2.24) is 4.98 Å². The van der Waals surface area contributed by atoms with E-state index in [4.69, 9.17) is 4.74 Å². The zero-order chi connectivity index (χ0) is 19.5. The van der Waals surface area contributed by atoms with E-state index in [-0.39, 0.29) is 23.1 Å². The summed E-state index contributed by atoms with van der Waals surface area (Å²) in [5, 5.41) is 23.5. The number of nitrogens with zero attached hydrogens (tertiary/aromatic N) is 1. The van der Waals surface area contributed by atoms with Crippen LogP contribution in [0.5, 0.6) is 11.6 Å². The minimum absolute atomic E-state index is 0.0463. The summed E-state index contributed by atoms with van der Waals surface area (Å²) in [6, 6.07) is 7.68. The molecule has 28 heavy (non-hydrogen) atoms. The van der Waals surface area contributed by atoms with Crippen molar-refractivity contribution >= 4 is 17.3 Å². The van der Waals surface area contributed by atoms with E-state index in [0.29, 0.717) is 24.6 Å². The van der Waals surface area contributed by atoms with E-state index < -0.39 is 5.91 Å². The van der Waals surface area contributed by atoms with Crippen molar-refractivity contribution in [1.29, 1.82) is 0 Å². The third-order valence-electron chi connectivity index (χ3n) is 5.68. The number of benzene rings is 1. The molecule has 0 aliphatic carbocycles. The summed E-state index contributed by atoms with van der Waals surface area (Å²) in [4.78, 5) is 17.8. The van der Waals surface area contributed by atoms with Crippen LogP contribution in [0.1, 0.15) is 54.1 Å². The predicted octanol–water partition coefficient (Wildman–Crippen LogP) is 3.56. The van der Waals surface area contributed by atoms with Gasteiger partial charge in [0.2, 0.25) is 5.88 Å². The van der Waals surface area contributed by atoms with Crippen LogP contribution in [-0.4, -0.2) is 47.4 Å². The van der Waals surface area contributed by atoms with Gasteiger partial charge in [0.05, 0.1) is 5.69 Å². The molecule has 7 nitrogen and oxygen atoms in total. The summed E-state index contributed by atoms with van der Waals surface area (Å²) in [5.74, 6) is -0.964. The normalized spacial score (nSPS) is 18.2. The molecular weight excluding hydrogens is 358 g/mol. The summed E-state index contributed by atoms with van der Waals surface area (Å²) in [5.41, 5.74) is 2.17. The molecule has 3 heterocycles. The summed E-state index contributed by atoms with van der Waals surface area (Å²) < 4.78 is 5.34. The quantitative estimate of drug-likeness (QED) is 0.645. The molecule has 1 amide bonds. The fourth-order valence-corrected chi connectivity index (χ4v) is 4.09. The smallest absolute Gasteiger partial charge is 0.264 e. The second-order valence-corrected chi connectivity index (χ2v) is 7.55. The lowest BCUT2D eigenvalue weighted by Crippen LogP contribution is -2.29. The first-order valence-corrected chi connectivity index (χ1v) is 10.0. The number of aromatic amines is 1. The van der Waals surface area contributed by atoms with E-state index in [1.165, 1.54) is 19.3 Å². The first kappa shape index (κ1) is 18.7. The van der Waals surface area contributed by atoms with Gasteiger partial charge in [-0.1, -0.05) is 0 Å². The number of amides is 1. The van der Waals surface area contributed by atoms with E-state index in [1.54, 1.807) is 0 Å². The second-order valence-electron chi connectivity index (χ2n) is 7.55. The number of nitrogens with one attached hydrogen (secondary N) is 2. The molecule has 2 aromatic rings. The van der Waals surface area contributed by atoms with Crippen molar-refractivity contribution in [2.24, 2.45) is 0 Å². The highest BCUT2D eigenvalue weighted by molar-refractivity contribution is 6.08. The molecule has 150 valence electrons. The first-order chi connectivity index (χ1) is 13.6. The van der Waals surface area contributed by atoms with Crippen LogP contribution < -0.4 is 10.2 Å². The Morgan fingerprint density at radius 1 is 1.07 bits per heavy atom. The molecule has 4 rings (SSSR count). The molecule has 2 fully saturated rings. The number of ether oxygens (including phenoxy) is 1. The number of hydrogen-bond donors (Lipinski definition) is 4. The highest BCUT2D eigenvalue weighted by atomic mass is 16.5. The van der Waals surface area contributed by atoms with Gasteiger partial charge in [0.25, 0.3) is 5.91 Å². The Balaban J connectivity index is 1.46. The van der Waals surface area contributed by atoms with E-state index in [2.05, 4.69) is 15.2 Å². The molecule has 1 aromatic carbocycles. The lowest BCUT2D eigenvalue weighted by Gasteiger charge is -2.28. The summed E-state index contributed by atoms with van der Waals surface area (Å²) >= 11 is 0. The van der Waals surface area contributed by atoms with E-state index in [1.807, 2.05) is 24.3 Å². The van der Waals surface area contributed by atoms with Crippen molar-refractivity contribution in [2.75, 3.05) is 36.5 Å². The van der Waals surface area contributed by atoms with E-state index in [9.17, 15) is 15.0 Å². The molecule has 2 aliphatic rings. The third-order valence-corrected chi connectivity index (χ3v) is 5.68. The molecule has 4 N–H and O–H groups in total. The van der Waals surface area contributed by atoms with Gasteiger partial charge in [-0.25, -0.2) is 0 Å². The first-order valence-electron chi connectivity index (χ1n) is 10.0. The van der Waals surface area contributed by atoms with Crippen LogP contribution in [0.4, 0.5) is 11.4 Å². The van der Waals surface area contributed by atoms with Crippen LogP contribution in [-0.2, 0) is 4.74 Å². The van der Waals surface area contributed by atoms with Crippen molar-refractivity contribution in [3.05, 3.63) is 35.5 Å². The van der Waals surface area contributed by atoms with Gasteiger partial charge in [-0.2, -0.15) is 0 Å². The standard InChI is InChI=1S/C21H27N3O4/c25-19-17(21(27)23-18(19)14-8-12-28-13-9-14)20(26)22-15-4-6-16(7-5-15)24-10-2-1-3-11-24/h4-7,14,23,25,27H,1-3,8-13H2,(H,22,26).